The molecule has 3 heterocycles. The highest BCUT2D eigenvalue weighted by atomic mass is 35.5. The summed E-state index contributed by atoms with van der Waals surface area (Å²) >= 11 is 6.04. The van der Waals surface area contributed by atoms with E-state index < -0.39 is 17.5 Å². The number of hydrogen-bond donors (Lipinski definition) is 3. The molecule has 0 bridgehead atoms. The van der Waals surface area contributed by atoms with E-state index in [4.69, 9.17) is 16.3 Å². The molecule has 1 aliphatic heterocycles. The Kier molecular flexibility index (Phi) is 6.81. The Morgan fingerprint density at radius 1 is 1.38 bits per heavy atom. The number of halogens is 2. The van der Waals surface area contributed by atoms with E-state index >= 15 is 0 Å². The van der Waals surface area contributed by atoms with Crippen LogP contribution in [-0.2, 0) is 11.2 Å². The molecular weight excluding hydrogens is 459 g/mol. The van der Waals surface area contributed by atoms with Crippen molar-refractivity contribution >= 4 is 34.2 Å². The number of amides is 1. The number of nitrogens with zero attached hydrogens (tertiary/aromatic N) is 2. The molecule has 1 saturated heterocycles. The van der Waals surface area contributed by atoms with Crippen LogP contribution in [0, 0.1) is 5.82 Å². The average Bonchev–Trinajstić information content (AvgIpc) is 3.22. The lowest BCUT2D eigenvalue weighted by atomic mass is 9.93. The predicted octanol–water partition coefficient (Wildman–Crippen LogP) is 3.91. The lowest BCUT2D eigenvalue weighted by Gasteiger charge is -2.37. The highest BCUT2D eigenvalue weighted by Crippen LogP contribution is 2.25. The maximum Gasteiger partial charge on any atom is 0.245 e. The Balaban J connectivity index is 1.58. The predicted molar refractivity (Wildman–Crippen MR) is 130 cm³/mol. The zero-order chi connectivity index (χ0) is 24.5. The Hall–Kier alpha value is -3.10. The van der Waals surface area contributed by atoms with Gasteiger partial charge in [-0.3, -0.25) is 4.79 Å². The number of carbonyl (C=O) groups excluding carboxylic acids is 1. The maximum absolute atomic E-state index is 14.7. The van der Waals surface area contributed by atoms with Gasteiger partial charge in [-0.15, -0.1) is 0 Å². The van der Waals surface area contributed by atoms with E-state index in [-0.39, 0.29) is 12.3 Å². The van der Waals surface area contributed by atoms with Gasteiger partial charge in [-0.2, -0.15) is 0 Å². The topological polar surface area (TPSA) is 90.5 Å². The van der Waals surface area contributed by atoms with Crippen molar-refractivity contribution in [2.24, 2.45) is 0 Å². The molecule has 4 rings (SSSR count). The van der Waals surface area contributed by atoms with Crippen molar-refractivity contribution in [3.63, 3.8) is 0 Å². The number of aliphatic hydroxyl groups is 1. The van der Waals surface area contributed by atoms with Crippen LogP contribution in [0.4, 0.5) is 4.39 Å². The van der Waals surface area contributed by atoms with Gasteiger partial charge in [0.2, 0.25) is 5.91 Å². The average molecular weight is 487 g/mol. The largest absolute Gasteiger partial charge is 0.497 e. The van der Waals surface area contributed by atoms with Crippen LogP contribution in [0.25, 0.3) is 16.7 Å². The highest BCUT2D eigenvalue weighted by Gasteiger charge is 2.33. The minimum atomic E-state index is -0.788. The van der Waals surface area contributed by atoms with Gasteiger partial charge < -0.3 is 25.0 Å². The number of likely N-dealkylation sites (tertiary alicyclic amines) is 1. The summed E-state index contributed by atoms with van der Waals surface area (Å²) in [6, 6.07) is 7.45. The Morgan fingerprint density at radius 2 is 2.12 bits per heavy atom. The molecule has 0 aliphatic carbocycles. The van der Waals surface area contributed by atoms with Gasteiger partial charge in [-0.05, 0) is 43.5 Å². The summed E-state index contributed by atoms with van der Waals surface area (Å²) in [5.41, 5.74) is 1.37. The van der Waals surface area contributed by atoms with Gasteiger partial charge in [0.25, 0.3) is 0 Å². The Labute approximate surface area is 202 Å². The van der Waals surface area contributed by atoms with Crippen molar-refractivity contribution in [1.29, 1.82) is 0 Å². The number of aromatic amines is 1. The van der Waals surface area contributed by atoms with E-state index in [0.29, 0.717) is 59.3 Å². The molecule has 1 amide bonds. The van der Waals surface area contributed by atoms with Gasteiger partial charge in [0, 0.05) is 37.2 Å². The number of methoxy groups -OCH3 is 1. The van der Waals surface area contributed by atoms with Crippen molar-refractivity contribution in [3.8, 4) is 5.75 Å². The second kappa shape index (κ2) is 9.64. The van der Waals surface area contributed by atoms with E-state index in [1.807, 2.05) is 6.07 Å². The molecule has 1 fully saturated rings. The Morgan fingerprint density at radius 3 is 2.79 bits per heavy atom. The third-order valence-electron chi connectivity index (χ3n) is 6.24. The fourth-order valence-corrected chi connectivity index (χ4v) is 4.28. The summed E-state index contributed by atoms with van der Waals surface area (Å²) in [4.78, 5) is 22.6. The second-order valence-corrected chi connectivity index (χ2v) is 9.37. The second-order valence-electron chi connectivity index (χ2n) is 8.93. The molecule has 0 saturated carbocycles. The fourth-order valence-electron chi connectivity index (χ4n) is 4.11. The van der Waals surface area contributed by atoms with E-state index in [0.717, 1.165) is 5.39 Å². The summed E-state index contributed by atoms with van der Waals surface area (Å²) < 4.78 is 19.8. The number of pyridine rings is 1. The van der Waals surface area contributed by atoms with Crippen LogP contribution >= 0.6 is 11.6 Å². The SMILES string of the molecule is C=C(NC(Cc1ccc(OC)cc1F)C(=O)N1CCC(C)(O)CC1)c1cc2cc(Cl)cnc2[nH]1. The molecular formula is C25H28ClFN4O3. The molecule has 9 heteroatoms. The third kappa shape index (κ3) is 5.34. The lowest BCUT2D eigenvalue weighted by molar-refractivity contribution is -0.136. The Bertz CT molecular complexity index is 1220. The number of ether oxygens (including phenoxy) is 1. The molecule has 3 N–H and O–H groups in total. The number of rotatable bonds is 7. The molecule has 0 spiro atoms. The van der Waals surface area contributed by atoms with E-state index in [2.05, 4.69) is 21.9 Å². The van der Waals surface area contributed by atoms with Gasteiger partial charge in [0.15, 0.2) is 0 Å². The quantitative estimate of drug-likeness (QED) is 0.471. The first-order chi connectivity index (χ1) is 16.1. The van der Waals surface area contributed by atoms with Crippen molar-refractivity contribution in [1.82, 2.24) is 20.2 Å². The number of nitrogens with one attached hydrogen (secondary N) is 2. The molecule has 1 atom stereocenters. The zero-order valence-corrected chi connectivity index (χ0v) is 20.0. The summed E-state index contributed by atoms with van der Waals surface area (Å²) in [6.07, 6.45) is 2.63. The maximum atomic E-state index is 14.7. The van der Waals surface area contributed by atoms with Gasteiger partial charge in [-0.25, -0.2) is 9.37 Å². The van der Waals surface area contributed by atoms with E-state index in [9.17, 15) is 14.3 Å². The fraction of sp³-hybridized carbons (Fsp3) is 0.360. The number of hydrogen-bond acceptors (Lipinski definition) is 5. The molecule has 1 aromatic carbocycles. The molecule has 0 radical (unpaired) electrons. The number of piperidine rings is 1. The minimum absolute atomic E-state index is 0.116. The number of benzene rings is 1. The summed E-state index contributed by atoms with van der Waals surface area (Å²) in [5, 5.41) is 14.8. The van der Waals surface area contributed by atoms with E-state index in [1.165, 1.54) is 13.2 Å². The third-order valence-corrected chi connectivity index (χ3v) is 6.45. The van der Waals surface area contributed by atoms with Crippen LogP contribution in [0.1, 0.15) is 31.0 Å². The first-order valence-electron chi connectivity index (χ1n) is 11.1. The highest BCUT2D eigenvalue weighted by molar-refractivity contribution is 6.31. The standard InChI is InChI=1S/C25H28ClFN4O3/c1-15(21-12-17-10-18(26)14-28-23(17)30-21)29-22(11-16-4-5-19(34-3)13-20(16)27)24(32)31-8-6-25(2,33)7-9-31/h4-5,10,12-14,22,29,33H,1,6-9,11H2,2-3H3,(H,28,30). The van der Waals surface area contributed by atoms with Gasteiger partial charge in [0.1, 0.15) is 23.3 Å². The summed E-state index contributed by atoms with van der Waals surface area (Å²) in [6.45, 7) is 6.72. The number of fused-ring (bicyclic) bond motifs is 1. The summed E-state index contributed by atoms with van der Waals surface area (Å²) in [5.74, 6) is -0.219. The zero-order valence-electron chi connectivity index (χ0n) is 19.2. The number of carbonyl (C=O) groups is 1. The smallest absolute Gasteiger partial charge is 0.245 e. The van der Waals surface area contributed by atoms with Crippen molar-refractivity contribution in [2.75, 3.05) is 20.2 Å². The normalized spacial score (nSPS) is 16.3. The first kappa shape index (κ1) is 24.0. The van der Waals surface area contributed by atoms with Gasteiger partial charge in [0.05, 0.1) is 29.1 Å². The molecule has 2 aromatic heterocycles. The number of H-pyrrole nitrogens is 1. The van der Waals surface area contributed by atoms with Crippen LogP contribution in [0.5, 0.6) is 5.75 Å². The molecule has 1 aliphatic rings. The minimum Gasteiger partial charge on any atom is -0.497 e. The van der Waals surface area contributed by atoms with Crippen LogP contribution in [-0.4, -0.2) is 57.7 Å². The molecule has 34 heavy (non-hydrogen) atoms. The molecule has 1 unspecified atom stereocenters. The molecule has 3 aromatic rings. The molecule has 180 valence electrons. The van der Waals surface area contributed by atoms with E-state index in [1.54, 1.807) is 36.2 Å². The first-order valence-corrected chi connectivity index (χ1v) is 11.5. The van der Waals surface area contributed by atoms with Crippen LogP contribution < -0.4 is 10.1 Å². The van der Waals surface area contributed by atoms with Gasteiger partial charge >= 0.3 is 0 Å². The summed E-state index contributed by atoms with van der Waals surface area (Å²) in [7, 11) is 1.47. The van der Waals surface area contributed by atoms with Crippen molar-refractivity contribution < 1.29 is 19.0 Å². The van der Waals surface area contributed by atoms with Crippen molar-refractivity contribution in [3.05, 3.63) is 65.2 Å². The number of aromatic nitrogens is 2. The van der Waals surface area contributed by atoms with Crippen LogP contribution in [0.15, 0.2) is 43.1 Å². The van der Waals surface area contributed by atoms with Crippen LogP contribution in [0.3, 0.4) is 0 Å². The van der Waals surface area contributed by atoms with Crippen LogP contribution in [0.2, 0.25) is 5.02 Å². The molecule has 7 nitrogen and oxygen atoms in total. The van der Waals surface area contributed by atoms with Gasteiger partial charge in [-0.1, -0.05) is 24.2 Å². The monoisotopic (exact) mass is 486 g/mol. The van der Waals surface area contributed by atoms with Crippen molar-refractivity contribution in [2.45, 2.75) is 37.8 Å². The lowest BCUT2D eigenvalue weighted by Crippen LogP contribution is -2.52.